The van der Waals surface area contributed by atoms with E-state index in [-0.39, 0.29) is 6.61 Å². The van der Waals surface area contributed by atoms with E-state index in [1.807, 2.05) is 20.8 Å². The first-order valence-electron chi connectivity index (χ1n) is 4.40. The second kappa shape index (κ2) is 5.32. The molecular weight excluding hydrogens is 200 g/mol. The van der Waals surface area contributed by atoms with E-state index in [0.29, 0.717) is 6.42 Å². The summed E-state index contributed by atoms with van der Waals surface area (Å²) in [4.78, 5) is 0. The van der Waals surface area contributed by atoms with Crippen LogP contribution in [0.2, 0.25) is 0 Å². The quantitative estimate of drug-likeness (QED) is 0.525. The summed E-state index contributed by atoms with van der Waals surface area (Å²) < 4.78 is 26.0. The van der Waals surface area contributed by atoms with E-state index < -0.39 is 10.1 Å². The van der Waals surface area contributed by atoms with Gasteiger partial charge in [-0.25, -0.2) is 0 Å². The van der Waals surface area contributed by atoms with Crippen LogP contribution < -0.4 is 0 Å². The number of allylic oxidation sites excluding steroid dienone is 2. The van der Waals surface area contributed by atoms with Gasteiger partial charge >= 0.3 is 0 Å². The lowest BCUT2D eigenvalue weighted by molar-refractivity contribution is 0.325. The summed E-state index contributed by atoms with van der Waals surface area (Å²) in [6, 6.07) is 0. The van der Waals surface area contributed by atoms with Crippen LogP contribution in [0.25, 0.3) is 0 Å². The third-order valence-electron chi connectivity index (χ3n) is 1.77. The number of hydrogen-bond donors (Lipinski definition) is 0. The molecule has 0 aliphatic rings. The van der Waals surface area contributed by atoms with E-state index >= 15 is 0 Å². The van der Waals surface area contributed by atoms with Gasteiger partial charge in [0.1, 0.15) is 0 Å². The summed E-state index contributed by atoms with van der Waals surface area (Å²) in [7, 11) is -3.32. The molecule has 0 aliphatic carbocycles. The molecule has 82 valence electrons. The van der Waals surface area contributed by atoms with Gasteiger partial charge in [-0.1, -0.05) is 17.7 Å². The molecule has 0 rings (SSSR count). The van der Waals surface area contributed by atoms with Gasteiger partial charge in [-0.05, 0) is 32.8 Å². The molecule has 0 fully saturated rings. The van der Waals surface area contributed by atoms with Crippen molar-refractivity contribution in [3.8, 4) is 0 Å². The molecule has 0 saturated heterocycles. The maximum Gasteiger partial charge on any atom is 0.264 e. The van der Waals surface area contributed by atoms with Crippen LogP contribution in [-0.4, -0.2) is 21.3 Å². The fourth-order valence-electron chi connectivity index (χ4n) is 1.19. The Labute approximate surface area is 86.6 Å². The van der Waals surface area contributed by atoms with E-state index in [0.717, 1.165) is 23.0 Å². The summed E-state index contributed by atoms with van der Waals surface area (Å²) in [5.41, 5.74) is 3.19. The predicted octanol–water partition coefficient (Wildman–Crippen LogP) is 2.27. The zero-order valence-corrected chi connectivity index (χ0v) is 10.1. The highest BCUT2D eigenvalue weighted by Crippen LogP contribution is 2.16. The lowest BCUT2D eigenvalue weighted by atomic mass is 10.0. The monoisotopic (exact) mass is 218 g/mol. The molecule has 0 saturated carbocycles. The molecular formula is C10H18O3S. The Kier molecular flexibility index (Phi) is 5.08. The first kappa shape index (κ1) is 13.4. The molecule has 0 bridgehead atoms. The van der Waals surface area contributed by atoms with E-state index in [1.165, 1.54) is 0 Å². The largest absolute Gasteiger partial charge is 0.270 e. The minimum Gasteiger partial charge on any atom is -0.270 e. The summed E-state index contributed by atoms with van der Waals surface area (Å²) in [6.07, 6.45) is 1.64. The molecule has 0 N–H and O–H groups in total. The lowest BCUT2D eigenvalue weighted by Gasteiger charge is -2.09. The van der Waals surface area contributed by atoms with Crippen molar-refractivity contribution in [3.05, 3.63) is 23.3 Å². The molecule has 0 aromatic heterocycles. The Morgan fingerprint density at radius 1 is 1.29 bits per heavy atom. The van der Waals surface area contributed by atoms with Crippen molar-refractivity contribution in [3.63, 3.8) is 0 Å². The van der Waals surface area contributed by atoms with Crippen LogP contribution >= 0.6 is 0 Å². The average Bonchev–Trinajstić information content (AvgIpc) is 1.94. The van der Waals surface area contributed by atoms with Gasteiger partial charge in [-0.3, -0.25) is 4.18 Å². The second-order valence-electron chi connectivity index (χ2n) is 3.53. The van der Waals surface area contributed by atoms with Crippen LogP contribution in [0.5, 0.6) is 0 Å². The Bertz CT molecular complexity index is 332. The SMILES string of the molecule is C=C(C)C(CCOS(C)(=O)=O)=C(C)C. The summed E-state index contributed by atoms with van der Waals surface area (Å²) in [6.45, 7) is 9.87. The van der Waals surface area contributed by atoms with Crippen molar-refractivity contribution in [2.75, 3.05) is 12.9 Å². The fraction of sp³-hybridized carbons (Fsp3) is 0.600. The van der Waals surface area contributed by atoms with E-state index in [9.17, 15) is 8.42 Å². The topological polar surface area (TPSA) is 43.4 Å². The van der Waals surface area contributed by atoms with Gasteiger partial charge in [-0.15, -0.1) is 0 Å². The summed E-state index contributed by atoms with van der Waals surface area (Å²) in [5, 5.41) is 0. The van der Waals surface area contributed by atoms with Crippen molar-refractivity contribution < 1.29 is 12.6 Å². The van der Waals surface area contributed by atoms with Crippen molar-refractivity contribution in [1.82, 2.24) is 0 Å². The zero-order chi connectivity index (χ0) is 11.4. The molecule has 0 aliphatic heterocycles. The normalized spacial score (nSPS) is 11.1. The van der Waals surface area contributed by atoms with E-state index in [4.69, 9.17) is 0 Å². The van der Waals surface area contributed by atoms with Gasteiger partial charge < -0.3 is 0 Å². The molecule has 0 radical (unpaired) electrons. The molecule has 0 heterocycles. The Morgan fingerprint density at radius 3 is 2.07 bits per heavy atom. The van der Waals surface area contributed by atoms with Crippen molar-refractivity contribution >= 4 is 10.1 Å². The van der Waals surface area contributed by atoms with Gasteiger partial charge in [0, 0.05) is 0 Å². The van der Waals surface area contributed by atoms with Gasteiger partial charge in [-0.2, -0.15) is 8.42 Å². The van der Waals surface area contributed by atoms with Crippen molar-refractivity contribution in [1.29, 1.82) is 0 Å². The van der Waals surface area contributed by atoms with Crippen LogP contribution in [0.1, 0.15) is 27.2 Å². The van der Waals surface area contributed by atoms with Crippen molar-refractivity contribution in [2.45, 2.75) is 27.2 Å². The van der Waals surface area contributed by atoms with Crippen LogP contribution in [-0.2, 0) is 14.3 Å². The minimum atomic E-state index is -3.32. The second-order valence-corrected chi connectivity index (χ2v) is 5.18. The molecule has 3 nitrogen and oxygen atoms in total. The highest BCUT2D eigenvalue weighted by molar-refractivity contribution is 7.85. The highest BCUT2D eigenvalue weighted by Gasteiger charge is 2.05. The van der Waals surface area contributed by atoms with Crippen LogP contribution in [0.4, 0.5) is 0 Å². The van der Waals surface area contributed by atoms with Crippen LogP contribution in [0.3, 0.4) is 0 Å². The van der Waals surface area contributed by atoms with Gasteiger partial charge in [0.05, 0.1) is 12.9 Å². The average molecular weight is 218 g/mol. The number of rotatable bonds is 5. The third-order valence-corrected chi connectivity index (χ3v) is 2.36. The molecule has 0 amide bonds. The Morgan fingerprint density at radius 2 is 1.79 bits per heavy atom. The summed E-state index contributed by atoms with van der Waals surface area (Å²) >= 11 is 0. The molecule has 0 spiro atoms. The van der Waals surface area contributed by atoms with Gasteiger partial charge in [0.15, 0.2) is 0 Å². The molecule has 0 atom stereocenters. The molecule has 0 unspecified atom stereocenters. The fourth-order valence-corrected chi connectivity index (χ4v) is 1.57. The smallest absolute Gasteiger partial charge is 0.264 e. The molecule has 0 aromatic rings. The van der Waals surface area contributed by atoms with E-state index in [2.05, 4.69) is 10.8 Å². The Hall–Kier alpha value is -0.610. The van der Waals surface area contributed by atoms with Crippen LogP contribution in [0, 0.1) is 0 Å². The standard InChI is InChI=1S/C10H18O3S/c1-8(2)10(9(3)4)6-7-13-14(5,11)12/h1,6-7H2,2-5H3. The lowest BCUT2D eigenvalue weighted by Crippen LogP contribution is -2.05. The predicted molar refractivity (Wildman–Crippen MR) is 58.6 cm³/mol. The maximum absolute atomic E-state index is 10.7. The molecule has 14 heavy (non-hydrogen) atoms. The van der Waals surface area contributed by atoms with Crippen molar-refractivity contribution in [2.24, 2.45) is 0 Å². The first-order valence-corrected chi connectivity index (χ1v) is 6.22. The molecule has 0 aromatic carbocycles. The highest BCUT2D eigenvalue weighted by atomic mass is 32.2. The summed E-state index contributed by atoms with van der Waals surface area (Å²) in [5.74, 6) is 0. The minimum absolute atomic E-state index is 0.187. The zero-order valence-electron chi connectivity index (χ0n) is 9.25. The van der Waals surface area contributed by atoms with Crippen LogP contribution in [0.15, 0.2) is 23.3 Å². The van der Waals surface area contributed by atoms with Gasteiger partial charge in [0.2, 0.25) is 0 Å². The van der Waals surface area contributed by atoms with Gasteiger partial charge in [0.25, 0.3) is 10.1 Å². The van der Waals surface area contributed by atoms with E-state index in [1.54, 1.807) is 0 Å². The third kappa shape index (κ3) is 5.94. The number of hydrogen-bond acceptors (Lipinski definition) is 3. The Balaban J connectivity index is 4.26. The molecule has 4 heteroatoms. The first-order chi connectivity index (χ1) is 6.24. The maximum atomic E-state index is 10.7.